The van der Waals surface area contributed by atoms with Crippen LogP contribution >= 0.6 is 0 Å². The topological polar surface area (TPSA) is 70.8 Å². The highest BCUT2D eigenvalue weighted by molar-refractivity contribution is 5.76. The van der Waals surface area contributed by atoms with E-state index in [1.54, 1.807) is 6.20 Å². The standard InChI is InChI=1S/C28H34N4O3/c1-30-18-14-29-28(30)27(34)22-11-16-32(17-12-22)26(33)13-15-31-19-23-9-5-6-10-24(23)35-25(20-31)21-7-3-2-4-8-21/h2-10,14,18,22,25,27,34H,11-13,15-17,19-20H2,1H3/t25-,27+/m0/s1. The molecule has 1 amide bonds. The number of aryl methyl sites for hydroxylation is 1. The average Bonchev–Trinajstić information content (AvgIpc) is 3.23. The third-order valence-electron chi connectivity index (χ3n) is 7.33. The number of benzene rings is 2. The predicted octanol–water partition coefficient (Wildman–Crippen LogP) is 3.72. The average molecular weight is 475 g/mol. The molecule has 0 saturated carbocycles. The maximum atomic E-state index is 13.1. The lowest BCUT2D eigenvalue weighted by molar-refractivity contribution is -0.133. The molecule has 2 atom stereocenters. The number of piperidine rings is 1. The number of aromatic nitrogens is 2. The Morgan fingerprint density at radius 1 is 1.11 bits per heavy atom. The van der Waals surface area contributed by atoms with Crippen molar-refractivity contribution in [1.82, 2.24) is 19.4 Å². The van der Waals surface area contributed by atoms with E-state index in [0.29, 0.717) is 31.9 Å². The van der Waals surface area contributed by atoms with Crippen LogP contribution in [0.1, 0.15) is 48.4 Å². The van der Waals surface area contributed by atoms with Crippen LogP contribution in [0.3, 0.4) is 0 Å². The first-order valence-electron chi connectivity index (χ1n) is 12.5. The molecule has 2 aliphatic rings. The molecule has 1 aromatic heterocycles. The van der Waals surface area contributed by atoms with Gasteiger partial charge in [-0.05, 0) is 30.4 Å². The lowest BCUT2D eigenvalue weighted by atomic mass is 9.90. The summed E-state index contributed by atoms with van der Waals surface area (Å²) in [6.45, 7) is 3.57. The van der Waals surface area contributed by atoms with Crippen LogP contribution in [0.25, 0.3) is 0 Å². The van der Waals surface area contributed by atoms with Gasteiger partial charge >= 0.3 is 0 Å². The van der Waals surface area contributed by atoms with Crippen molar-refractivity contribution in [3.05, 3.63) is 83.9 Å². The number of para-hydroxylation sites is 1. The number of carbonyl (C=O) groups is 1. The molecule has 1 fully saturated rings. The van der Waals surface area contributed by atoms with E-state index in [9.17, 15) is 9.90 Å². The second kappa shape index (κ2) is 10.6. The molecule has 7 heteroatoms. The molecule has 0 spiro atoms. The van der Waals surface area contributed by atoms with Gasteiger partial charge in [0.1, 0.15) is 23.8 Å². The SMILES string of the molecule is Cn1ccnc1[C@H](O)C1CCN(C(=O)CCN2Cc3ccccc3O[C@H](c3ccccc3)C2)CC1. The van der Waals surface area contributed by atoms with Gasteiger partial charge in [0, 0.05) is 64.1 Å². The summed E-state index contributed by atoms with van der Waals surface area (Å²) in [5, 5.41) is 10.7. The van der Waals surface area contributed by atoms with Gasteiger partial charge in [-0.25, -0.2) is 4.98 Å². The molecule has 2 aliphatic heterocycles. The summed E-state index contributed by atoms with van der Waals surface area (Å²) in [4.78, 5) is 21.7. The number of amides is 1. The van der Waals surface area contributed by atoms with E-state index in [2.05, 4.69) is 28.1 Å². The largest absolute Gasteiger partial charge is 0.484 e. The number of imidazole rings is 1. The Kier molecular flexibility index (Phi) is 7.16. The van der Waals surface area contributed by atoms with Crippen LogP contribution in [-0.2, 0) is 18.4 Å². The summed E-state index contributed by atoms with van der Waals surface area (Å²) >= 11 is 0. The fourth-order valence-electron chi connectivity index (χ4n) is 5.24. The number of carbonyl (C=O) groups excluding carboxylic acids is 1. The quantitative estimate of drug-likeness (QED) is 0.590. The summed E-state index contributed by atoms with van der Waals surface area (Å²) in [5.41, 5.74) is 2.30. The minimum Gasteiger partial charge on any atom is -0.484 e. The summed E-state index contributed by atoms with van der Waals surface area (Å²) < 4.78 is 8.27. The molecular formula is C28H34N4O3. The molecule has 0 aliphatic carbocycles. The Morgan fingerprint density at radius 2 is 1.86 bits per heavy atom. The van der Waals surface area contributed by atoms with Gasteiger partial charge < -0.3 is 19.3 Å². The van der Waals surface area contributed by atoms with Crippen molar-refractivity contribution in [2.24, 2.45) is 13.0 Å². The van der Waals surface area contributed by atoms with Crippen LogP contribution in [0.5, 0.6) is 5.75 Å². The van der Waals surface area contributed by atoms with Crippen molar-refractivity contribution < 1.29 is 14.6 Å². The van der Waals surface area contributed by atoms with E-state index in [-0.39, 0.29) is 17.9 Å². The summed E-state index contributed by atoms with van der Waals surface area (Å²) in [7, 11) is 1.90. The smallest absolute Gasteiger partial charge is 0.223 e. The Bertz CT molecular complexity index is 1120. The molecule has 0 radical (unpaired) electrons. The summed E-state index contributed by atoms with van der Waals surface area (Å²) in [6.07, 6.45) is 4.98. The van der Waals surface area contributed by atoms with Gasteiger partial charge in [0.25, 0.3) is 0 Å². The number of hydrogen-bond donors (Lipinski definition) is 1. The van der Waals surface area contributed by atoms with E-state index in [4.69, 9.17) is 4.74 Å². The van der Waals surface area contributed by atoms with E-state index in [1.165, 1.54) is 0 Å². The van der Waals surface area contributed by atoms with Gasteiger partial charge in [-0.1, -0.05) is 48.5 Å². The van der Waals surface area contributed by atoms with Crippen LogP contribution in [-0.4, -0.2) is 56.5 Å². The van der Waals surface area contributed by atoms with E-state index in [1.807, 2.05) is 59.1 Å². The van der Waals surface area contributed by atoms with Gasteiger partial charge in [-0.15, -0.1) is 0 Å². The van der Waals surface area contributed by atoms with E-state index >= 15 is 0 Å². The van der Waals surface area contributed by atoms with Gasteiger partial charge in [-0.3, -0.25) is 9.69 Å². The van der Waals surface area contributed by atoms with Gasteiger partial charge in [-0.2, -0.15) is 0 Å². The zero-order valence-electron chi connectivity index (χ0n) is 20.3. The Labute approximate surface area is 207 Å². The maximum absolute atomic E-state index is 13.1. The first kappa shape index (κ1) is 23.6. The third-order valence-corrected chi connectivity index (χ3v) is 7.33. The monoisotopic (exact) mass is 474 g/mol. The van der Waals surface area contributed by atoms with E-state index < -0.39 is 6.10 Å². The van der Waals surface area contributed by atoms with Gasteiger partial charge in [0.15, 0.2) is 0 Å². The molecular weight excluding hydrogens is 440 g/mol. The van der Waals surface area contributed by atoms with Crippen LogP contribution in [0.4, 0.5) is 0 Å². The van der Waals surface area contributed by atoms with Crippen molar-refractivity contribution in [1.29, 1.82) is 0 Å². The van der Waals surface area contributed by atoms with Crippen molar-refractivity contribution >= 4 is 5.91 Å². The zero-order valence-corrected chi connectivity index (χ0v) is 20.3. The normalized spacial score (nSPS) is 20.1. The third kappa shape index (κ3) is 5.41. The summed E-state index contributed by atoms with van der Waals surface area (Å²) in [6, 6.07) is 18.5. The molecule has 7 nitrogen and oxygen atoms in total. The number of rotatable bonds is 6. The molecule has 5 rings (SSSR count). The molecule has 0 bridgehead atoms. The molecule has 184 valence electrons. The van der Waals surface area contributed by atoms with Crippen molar-refractivity contribution in [3.8, 4) is 5.75 Å². The maximum Gasteiger partial charge on any atom is 0.223 e. The Hall–Kier alpha value is -3.16. The minimum absolute atomic E-state index is 0.0710. The lowest BCUT2D eigenvalue weighted by Gasteiger charge is -2.34. The lowest BCUT2D eigenvalue weighted by Crippen LogP contribution is -2.41. The van der Waals surface area contributed by atoms with Crippen LogP contribution in [0, 0.1) is 5.92 Å². The highest BCUT2D eigenvalue weighted by atomic mass is 16.5. The van der Waals surface area contributed by atoms with Gasteiger partial charge in [0.05, 0.1) is 0 Å². The Balaban J connectivity index is 1.18. The highest BCUT2D eigenvalue weighted by Crippen LogP contribution is 2.32. The fourth-order valence-corrected chi connectivity index (χ4v) is 5.24. The number of likely N-dealkylation sites (tertiary alicyclic amines) is 1. The van der Waals surface area contributed by atoms with Crippen molar-refractivity contribution in [2.45, 2.75) is 38.0 Å². The van der Waals surface area contributed by atoms with E-state index in [0.717, 1.165) is 42.8 Å². The van der Waals surface area contributed by atoms with Crippen molar-refractivity contribution in [3.63, 3.8) is 0 Å². The second-order valence-electron chi connectivity index (χ2n) is 9.67. The highest BCUT2D eigenvalue weighted by Gasteiger charge is 2.30. The molecule has 3 heterocycles. The van der Waals surface area contributed by atoms with Gasteiger partial charge in [0.2, 0.25) is 5.91 Å². The first-order chi connectivity index (χ1) is 17.1. The molecule has 2 aromatic carbocycles. The number of aliphatic hydroxyl groups excluding tert-OH is 1. The predicted molar refractivity (Wildman–Crippen MR) is 134 cm³/mol. The number of fused-ring (bicyclic) bond motifs is 1. The van der Waals surface area contributed by atoms with Crippen molar-refractivity contribution in [2.75, 3.05) is 26.2 Å². The molecule has 1 N–H and O–H groups in total. The molecule has 3 aromatic rings. The van der Waals surface area contributed by atoms with Crippen LogP contribution in [0.15, 0.2) is 67.0 Å². The number of ether oxygens (including phenoxy) is 1. The molecule has 0 unspecified atom stereocenters. The number of aliphatic hydroxyl groups is 1. The first-order valence-corrected chi connectivity index (χ1v) is 12.5. The molecule has 35 heavy (non-hydrogen) atoms. The van der Waals surface area contributed by atoms with Crippen LogP contribution < -0.4 is 4.74 Å². The number of hydrogen-bond acceptors (Lipinski definition) is 5. The van der Waals surface area contributed by atoms with Crippen LogP contribution in [0.2, 0.25) is 0 Å². The molecule has 1 saturated heterocycles. The Morgan fingerprint density at radius 3 is 2.60 bits per heavy atom. The number of nitrogens with zero attached hydrogens (tertiary/aromatic N) is 4. The zero-order chi connectivity index (χ0) is 24.2. The minimum atomic E-state index is -0.584. The fraction of sp³-hybridized carbons (Fsp3) is 0.429. The second-order valence-corrected chi connectivity index (χ2v) is 9.67. The summed E-state index contributed by atoms with van der Waals surface area (Å²) in [5.74, 6) is 1.94.